The van der Waals surface area contributed by atoms with Gasteiger partial charge in [-0.1, -0.05) is 24.6 Å². The number of amidine groups is 1. The maximum absolute atomic E-state index is 11.9. The first-order valence-corrected chi connectivity index (χ1v) is 5.83. The van der Waals surface area contributed by atoms with Crippen LogP contribution in [0.5, 0.6) is 0 Å². The third-order valence-electron chi connectivity index (χ3n) is 2.73. The molecule has 0 spiro atoms. The van der Waals surface area contributed by atoms with Crippen LogP contribution in [0.25, 0.3) is 0 Å². The van der Waals surface area contributed by atoms with Gasteiger partial charge in [0.05, 0.1) is 5.84 Å². The van der Waals surface area contributed by atoms with Gasteiger partial charge in [0, 0.05) is 25.2 Å². The van der Waals surface area contributed by atoms with Crippen molar-refractivity contribution in [1.82, 2.24) is 4.90 Å². The minimum Gasteiger partial charge on any atom is -0.387 e. The van der Waals surface area contributed by atoms with Crippen molar-refractivity contribution in [2.75, 3.05) is 18.9 Å². The molecule has 4 N–H and O–H groups in total. The summed E-state index contributed by atoms with van der Waals surface area (Å²) in [4.78, 5) is 13.4. The number of hydrogen-bond acceptors (Lipinski definition) is 2. The second-order valence-electron chi connectivity index (χ2n) is 4.53. The van der Waals surface area contributed by atoms with E-state index in [1.807, 2.05) is 38.1 Å². The fourth-order valence-corrected chi connectivity index (χ4v) is 1.45. The summed E-state index contributed by atoms with van der Waals surface area (Å²) in [5.74, 6) is -0.0521. The van der Waals surface area contributed by atoms with E-state index in [-0.39, 0.29) is 17.8 Å². The Kier molecular flexibility index (Phi) is 4.71. The molecule has 0 aromatic heterocycles. The van der Waals surface area contributed by atoms with Gasteiger partial charge in [0.1, 0.15) is 0 Å². The highest BCUT2D eigenvalue weighted by molar-refractivity contribution is 5.89. The minimum absolute atomic E-state index is 0.0879. The molecule has 5 nitrogen and oxygen atoms in total. The lowest BCUT2D eigenvalue weighted by Gasteiger charge is -2.21. The predicted octanol–water partition coefficient (Wildman–Crippen LogP) is 2.03. The van der Waals surface area contributed by atoms with Crippen LogP contribution in [0.15, 0.2) is 24.3 Å². The monoisotopic (exact) mass is 248 g/mol. The Morgan fingerprint density at radius 1 is 1.44 bits per heavy atom. The number of carbonyl (C=O) groups excluding carboxylic acids is 1. The number of amides is 2. The number of benzene rings is 1. The van der Waals surface area contributed by atoms with Crippen LogP contribution in [0.3, 0.4) is 0 Å². The number of carbonyl (C=O) groups is 1. The number of anilines is 1. The standard InChI is InChI=1S/C13H20N4O/c1-9-4-6-11(7-5-9)16-13(18)17(3)8-10(2)12(14)15/h4-7,10H,8H2,1-3H3,(H3,14,15)(H,16,18). The third kappa shape index (κ3) is 4.08. The predicted molar refractivity (Wildman–Crippen MR) is 73.9 cm³/mol. The number of hydrogen-bond donors (Lipinski definition) is 3. The van der Waals surface area contributed by atoms with Gasteiger partial charge in [0.25, 0.3) is 0 Å². The Balaban J connectivity index is 2.54. The van der Waals surface area contributed by atoms with Crippen molar-refractivity contribution < 1.29 is 4.79 Å². The molecule has 1 rings (SSSR count). The van der Waals surface area contributed by atoms with Crippen LogP contribution in [0.4, 0.5) is 10.5 Å². The lowest BCUT2D eigenvalue weighted by Crippen LogP contribution is -2.38. The second-order valence-corrected chi connectivity index (χ2v) is 4.53. The molecule has 2 amide bonds. The van der Waals surface area contributed by atoms with E-state index in [9.17, 15) is 4.79 Å². The zero-order valence-electron chi connectivity index (χ0n) is 11.0. The fraction of sp³-hybridized carbons (Fsp3) is 0.385. The molecule has 1 atom stereocenters. The first kappa shape index (κ1) is 14.0. The molecule has 0 saturated carbocycles. The number of nitrogens with two attached hydrogens (primary N) is 1. The summed E-state index contributed by atoms with van der Waals surface area (Å²) in [5.41, 5.74) is 7.28. The van der Waals surface area contributed by atoms with Crippen molar-refractivity contribution in [2.45, 2.75) is 13.8 Å². The SMILES string of the molecule is Cc1ccc(NC(=O)N(C)CC(C)C(=N)N)cc1. The second kappa shape index (κ2) is 6.05. The van der Waals surface area contributed by atoms with Crippen LogP contribution < -0.4 is 11.1 Å². The molecule has 18 heavy (non-hydrogen) atoms. The number of nitrogens with zero attached hydrogens (tertiary/aromatic N) is 1. The molecular weight excluding hydrogens is 228 g/mol. The first-order chi connectivity index (χ1) is 8.40. The zero-order chi connectivity index (χ0) is 13.7. The maximum Gasteiger partial charge on any atom is 0.321 e. The molecule has 0 bridgehead atoms. The van der Waals surface area contributed by atoms with E-state index in [0.29, 0.717) is 6.54 Å². The lowest BCUT2D eigenvalue weighted by molar-refractivity contribution is 0.220. The molecule has 0 aliphatic carbocycles. The molecule has 98 valence electrons. The van der Waals surface area contributed by atoms with Crippen molar-refractivity contribution in [3.63, 3.8) is 0 Å². The lowest BCUT2D eigenvalue weighted by atomic mass is 10.1. The van der Waals surface area contributed by atoms with Gasteiger partial charge in [0.15, 0.2) is 0 Å². The van der Waals surface area contributed by atoms with Gasteiger partial charge in [-0.15, -0.1) is 0 Å². The van der Waals surface area contributed by atoms with Crippen LogP contribution in [-0.4, -0.2) is 30.4 Å². The molecule has 0 heterocycles. The summed E-state index contributed by atoms with van der Waals surface area (Å²) in [5, 5.41) is 10.1. The topological polar surface area (TPSA) is 82.2 Å². The Bertz CT molecular complexity index is 427. The Hall–Kier alpha value is -2.04. The molecule has 1 aromatic rings. The van der Waals surface area contributed by atoms with Crippen LogP contribution in [-0.2, 0) is 0 Å². The van der Waals surface area contributed by atoms with E-state index in [2.05, 4.69) is 5.32 Å². The summed E-state index contributed by atoms with van der Waals surface area (Å²) < 4.78 is 0. The average molecular weight is 248 g/mol. The van der Waals surface area contributed by atoms with E-state index < -0.39 is 0 Å². The van der Waals surface area contributed by atoms with Gasteiger partial charge in [-0.25, -0.2) is 4.79 Å². The van der Waals surface area contributed by atoms with E-state index in [0.717, 1.165) is 11.3 Å². The summed E-state index contributed by atoms with van der Waals surface area (Å²) in [6.45, 7) is 4.23. The van der Waals surface area contributed by atoms with Gasteiger partial charge < -0.3 is 16.0 Å². The Morgan fingerprint density at radius 3 is 2.50 bits per heavy atom. The quantitative estimate of drug-likeness (QED) is 0.563. The number of aryl methyl sites for hydroxylation is 1. The highest BCUT2D eigenvalue weighted by atomic mass is 16.2. The fourth-order valence-electron chi connectivity index (χ4n) is 1.45. The van der Waals surface area contributed by atoms with Crippen molar-refractivity contribution >= 4 is 17.6 Å². The normalized spacial score (nSPS) is 11.7. The molecule has 5 heteroatoms. The minimum atomic E-state index is -0.202. The van der Waals surface area contributed by atoms with E-state index in [1.165, 1.54) is 4.90 Å². The van der Waals surface area contributed by atoms with Crippen LogP contribution in [0.1, 0.15) is 12.5 Å². The molecule has 1 unspecified atom stereocenters. The molecule has 0 aliphatic rings. The molecule has 0 aliphatic heterocycles. The molecule has 1 aromatic carbocycles. The summed E-state index contributed by atoms with van der Waals surface area (Å²) in [7, 11) is 1.68. The number of urea groups is 1. The molecular formula is C13H20N4O. The Labute approximate surface area is 107 Å². The van der Waals surface area contributed by atoms with Crippen LogP contribution in [0.2, 0.25) is 0 Å². The van der Waals surface area contributed by atoms with Crippen molar-refractivity contribution in [3.05, 3.63) is 29.8 Å². The van der Waals surface area contributed by atoms with Gasteiger partial charge in [-0.2, -0.15) is 0 Å². The smallest absolute Gasteiger partial charge is 0.321 e. The highest BCUT2D eigenvalue weighted by Crippen LogP contribution is 2.09. The van der Waals surface area contributed by atoms with Gasteiger partial charge in [-0.05, 0) is 19.1 Å². The molecule has 0 radical (unpaired) electrons. The average Bonchev–Trinajstić information content (AvgIpc) is 2.31. The van der Waals surface area contributed by atoms with Gasteiger partial charge in [-0.3, -0.25) is 5.41 Å². The van der Waals surface area contributed by atoms with E-state index in [1.54, 1.807) is 7.05 Å². The van der Waals surface area contributed by atoms with Crippen molar-refractivity contribution in [2.24, 2.45) is 11.7 Å². The van der Waals surface area contributed by atoms with Crippen molar-refractivity contribution in [1.29, 1.82) is 5.41 Å². The van der Waals surface area contributed by atoms with Crippen LogP contribution in [0, 0.1) is 18.3 Å². The summed E-state index contributed by atoms with van der Waals surface area (Å²) >= 11 is 0. The maximum atomic E-state index is 11.9. The van der Waals surface area contributed by atoms with Gasteiger partial charge in [0.2, 0.25) is 0 Å². The number of rotatable bonds is 4. The third-order valence-corrected chi connectivity index (χ3v) is 2.73. The van der Waals surface area contributed by atoms with Crippen molar-refractivity contribution in [3.8, 4) is 0 Å². The highest BCUT2D eigenvalue weighted by Gasteiger charge is 2.14. The number of nitrogens with one attached hydrogen (secondary N) is 2. The van der Waals surface area contributed by atoms with E-state index in [4.69, 9.17) is 11.1 Å². The Morgan fingerprint density at radius 2 is 2.00 bits per heavy atom. The zero-order valence-corrected chi connectivity index (χ0v) is 11.0. The summed E-state index contributed by atoms with van der Waals surface area (Å²) in [6.07, 6.45) is 0. The van der Waals surface area contributed by atoms with Crippen LogP contribution >= 0.6 is 0 Å². The summed E-state index contributed by atoms with van der Waals surface area (Å²) in [6, 6.07) is 7.39. The first-order valence-electron chi connectivity index (χ1n) is 5.83. The van der Waals surface area contributed by atoms with Gasteiger partial charge >= 0.3 is 6.03 Å². The largest absolute Gasteiger partial charge is 0.387 e. The molecule has 0 fully saturated rings. The molecule has 0 saturated heterocycles. The van der Waals surface area contributed by atoms with E-state index >= 15 is 0 Å².